The van der Waals surface area contributed by atoms with Crippen LogP contribution >= 0.6 is 0 Å². The van der Waals surface area contributed by atoms with E-state index in [1.165, 1.54) is 8.99 Å². The Morgan fingerprint density at radius 1 is 1.17 bits per heavy atom. The average Bonchev–Trinajstić information content (AvgIpc) is 3.14. The number of hydrogen-bond donors (Lipinski definition) is 0. The number of imidazole rings is 1. The van der Waals surface area contributed by atoms with Gasteiger partial charge in [-0.05, 0) is 38.7 Å². The van der Waals surface area contributed by atoms with Crippen LogP contribution in [0.15, 0.2) is 34.5 Å². The van der Waals surface area contributed by atoms with E-state index in [9.17, 15) is 13.2 Å². The number of nitrogens with zero attached hydrogens (tertiary/aromatic N) is 5. The van der Waals surface area contributed by atoms with Gasteiger partial charge in [-0.25, -0.2) is 18.1 Å². The van der Waals surface area contributed by atoms with E-state index in [0.717, 1.165) is 5.69 Å². The summed E-state index contributed by atoms with van der Waals surface area (Å²) in [5, 5.41) is 4.63. The van der Waals surface area contributed by atoms with Crippen LogP contribution in [0.3, 0.4) is 0 Å². The van der Waals surface area contributed by atoms with Crippen molar-refractivity contribution in [3.05, 3.63) is 40.7 Å². The molecule has 0 radical (unpaired) electrons. The molecule has 0 unspecified atom stereocenters. The topological polar surface area (TPSA) is 90.1 Å². The van der Waals surface area contributed by atoms with Gasteiger partial charge in [-0.2, -0.15) is 9.40 Å². The van der Waals surface area contributed by atoms with Crippen molar-refractivity contribution in [2.75, 3.05) is 13.1 Å². The summed E-state index contributed by atoms with van der Waals surface area (Å²) in [7, 11) is -3.59. The third kappa shape index (κ3) is 4.78. The summed E-state index contributed by atoms with van der Waals surface area (Å²) >= 11 is 0. The van der Waals surface area contributed by atoms with Gasteiger partial charge in [0.25, 0.3) is 15.6 Å². The van der Waals surface area contributed by atoms with Gasteiger partial charge in [0.05, 0.1) is 12.0 Å². The fraction of sp³-hybridized carbons (Fsp3) is 0.650. The number of hydrogen-bond acceptors (Lipinski definition) is 5. The molecule has 0 aliphatic carbocycles. The molecule has 0 N–H and O–H groups in total. The SMILES string of the molecule is CC(C)n1cnc(S(=O)(=O)N2CCC(Cn3nc(C(C)(C)C)ccc3=O)CC2)c1. The van der Waals surface area contributed by atoms with E-state index >= 15 is 0 Å². The lowest BCUT2D eigenvalue weighted by atomic mass is 9.92. The highest BCUT2D eigenvalue weighted by Gasteiger charge is 2.31. The summed E-state index contributed by atoms with van der Waals surface area (Å²) in [4.78, 5) is 16.3. The lowest BCUT2D eigenvalue weighted by Crippen LogP contribution is -2.40. The van der Waals surface area contributed by atoms with Crippen LogP contribution in [0, 0.1) is 5.92 Å². The smallest absolute Gasteiger partial charge is 0.266 e. The Morgan fingerprint density at radius 2 is 1.83 bits per heavy atom. The van der Waals surface area contributed by atoms with Crippen LogP contribution in [0.1, 0.15) is 59.2 Å². The van der Waals surface area contributed by atoms with Crippen LogP contribution in [-0.2, 0) is 22.0 Å². The lowest BCUT2D eigenvalue weighted by molar-refractivity contribution is 0.243. The summed E-state index contributed by atoms with van der Waals surface area (Å²) in [6.45, 7) is 11.5. The molecule has 160 valence electrons. The van der Waals surface area contributed by atoms with Crippen LogP contribution < -0.4 is 5.56 Å². The molecule has 2 aromatic rings. The predicted octanol–water partition coefficient (Wildman–Crippen LogP) is 2.42. The first-order chi connectivity index (χ1) is 13.5. The molecule has 0 bridgehead atoms. The molecule has 1 saturated heterocycles. The third-order valence-corrected chi connectivity index (χ3v) is 7.20. The summed E-state index contributed by atoms with van der Waals surface area (Å²) in [5.74, 6) is 0.218. The molecule has 8 nitrogen and oxygen atoms in total. The van der Waals surface area contributed by atoms with E-state index in [1.807, 2.05) is 13.8 Å². The molecule has 0 atom stereocenters. The highest BCUT2D eigenvalue weighted by atomic mass is 32.2. The molecule has 0 saturated carbocycles. The van der Waals surface area contributed by atoms with Gasteiger partial charge in [-0.15, -0.1) is 0 Å². The summed E-state index contributed by atoms with van der Waals surface area (Å²) < 4.78 is 30.6. The Morgan fingerprint density at radius 3 is 2.38 bits per heavy atom. The van der Waals surface area contributed by atoms with Crippen molar-refractivity contribution in [2.24, 2.45) is 5.92 Å². The first-order valence-electron chi connectivity index (χ1n) is 10.1. The molecule has 9 heteroatoms. The maximum absolute atomic E-state index is 12.9. The Balaban J connectivity index is 1.67. The Labute approximate surface area is 172 Å². The lowest BCUT2D eigenvalue weighted by Gasteiger charge is -2.30. The van der Waals surface area contributed by atoms with Crippen molar-refractivity contribution in [1.29, 1.82) is 0 Å². The molecule has 2 aromatic heterocycles. The number of aromatic nitrogens is 4. The first-order valence-corrected chi connectivity index (χ1v) is 11.5. The minimum absolute atomic E-state index is 0.0976. The summed E-state index contributed by atoms with van der Waals surface area (Å²) in [6.07, 6.45) is 4.54. The van der Waals surface area contributed by atoms with Crippen molar-refractivity contribution < 1.29 is 8.42 Å². The Hall–Kier alpha value is -2.00. The molecule has 1 fully saturated rings. The van der Waals surface area contributed by atoms with Crippen molar-refractivity contribution in [1.82, 2.24) is 23.6 Å². The van der Waals surface area contributed by atoms with Crippen LogP contribution in [0.5, 0.6) is 0 Å². The summed E-state index contributed by atoms with van der Waals surface area (Å²) in [5.41, 5.74) is 0.622. The van der Waals surface area contributed by atoms with Crippen molar-refractivity contribution in [3.8, 4) is 0 Å². The zero-order chi connectivity index (χ0) is 21.4. The van der Waals surface area contributed by atoms with E-state index in [4.69, 9.17) is 0 Å². The molecular formula is C20H31N5O3S. The van der Waals surface area contributed by atoms with Crippen LogP contribution in [0.4, 0.5) is 0 Å². The van der Waals surface area contributed by atoms with Gasteiger partial charge < -0.3 is 4.57 Å². The largest absolute Gasteiger partial charge is 0.334 e. The zero-order valence-corrected chi connectivity index (χ0v) is 18.7. The monoisotopic (exact) mass is 421 g/mol. The van der Waals surface area contributed by atoms with Crippen LogP contribution in [0.25, 0.3) is 0 Å². The van der Waals surface area contributed by atoms with E-state index < -0.39 is 10.0 Å². The molecule has 0 amide bonds. The minimum Gasteiger partial charge on any atom is -0.334 e. The maximum Gasteiger partial charge on any atom is 0.266 e. The first kappa shape index (κ1) is 21.7. The third-order valence-electron chi connectivity index (χ3n) is 5.42. The van der Waals surface area contributed by atoms with E-state index in [0.29, 0.717) is 32.5 Å². The average molecular weight is 422 g/mol. The van der Waals surface area contributed by atoms with Crippen molar-refractivity contribution >= 4 is 10.0 Å². The molecule has 1 aliphatic heterocycles. The molecule has 3 heterocycles. The molecule has 0 spiro atoms. The maximum atomic E-state index is 12.9. The van der Waals surface area contributed by atoms with Gasteiger partial charge in [-0.3, -0.25) is 4.79 Å². The highest BCUT2D eigenvalue weighted by molar-refractivity contribution is 7.89. The van der Waals surface area contributed by atoms with Gasteiger partial charge in [0.2, 0.25) is 0 Å². The Kier molecular flexibility index (Phi) is 6.01. The quantitative estimate of drug-likeness (QED) is 0.740. The van der Waals surface area contributed by atoms with Gasteiger partial charge in [-0.1, -0.05) is 20.8 Å². The molecule has 1 aliphatic rings. The van der Waals surface area contributed by atoms with Crippen LogP contribution in [-0.4, -0.2) is 45.1 Å². The normalized spacial score (nSPS) is 17.2. The zero-order valence-electron chi connectivity index (χ0n) is 17.9. The standard InChI is InChI=1S/C20H31N5O3S/c1-15(2)23-13-18(21-14-23)29(27,28)24-10-8-16(9-11-24)12-25-19(26)7-6-17(22-25)20(3,4)5/h6-7,13-16H,8-12H2,1-5H3. The van der Waals surface area contributed by atoms with Crippen molar-refractivity contribution in [3.63, 3.8) is 0 Å². The number of rotatable bonds is 5. The van der Waals surface area contributed by atoms with Gasteiger partial charge in [0.15, 0.2) is 5.03 Å². The van der Waals surface area contributed by atoms with Gasteiger partial charge >= 0.3 is 0 Å². The van der Waals surface area contributed by atoms with Crippen molar-refractivity contribution in [2.45, 2.75) is 70.5 Å². The van der Waals surface area contributed by atoms with E-state index in [-0.39, 0.29) is 28.0 Å². The summed E-state index contributed by atoms with van der Waals surface area (Å²) in [6, 6.07) is 3.51. The molecular weight excluding hydrogens is 390 g/mol. The van der Waals surface area contributed by atoms with Gasteiger partial charge in [0, 0.05) is 43.4 Å². The molecule has 3 rings (SSSR count). The second kappa shape index (κ2) is 8.02. The molecule has 0 aromatic carbocycles. The molecule has 29 heavy (non-hydrogen) atoms. The van der Waals surface area contributed by atoms with E-state index in [1.54, 1.807) is 29.2 Å². The predicted molar refractivity (Wildman–Crippen MR) is 111 cm³/mol. The second-order valence-electron chi connectivity index (χ2n) is 9.09. The fourth-order valence-corrected chi connectivity index (χ4v) is 4.81. The number of piperidine rings is 1. The van der Waals surface area contributed by atoms with Gasteiger partial charge in [0.1, 0.15) is 0 Å². The van der Waals surface area contributed by atoms with E-state index in [2.05, 4.69) is 30.9 Å². The second-order valence-corrected chi connectivity index (χ2v) is 11.0. The number of sulfonamides is 1. The fourth-order valence-electron chi connectivity index (χ4n) is 3.42. The minimum atomic E-state index is -3.59. The van der Waals surface area contributed by atoms with Crippen LogP contribution in [0.2, 0.25) is 0 Å². The Bertz CT molecular complexity index is 1010. The highest BCUT2D eigenvalue weighted by Crippen LogP contribution is 2.25.